The molecular formula is C21H18ClN3O2S2. The predicted octanol–water partition coefficient (Wildman–Crippen LogP) is 4.67. The molecule has 0 aliphatic rings. The van der Waals surface area contributed by atoms with E-state index < -0.39 is 0 Å². The van der Waals surface area contributed by atoms with Crippen LogP contribution in [0.3, 0.4) is 0 Å². The largest absolute Gasteiger partial charge is 0.307 e. The van der Waals surface area contributed by atoms with Gasteiger partial charge < -0.3 is 4.57 Å². The van der Waals surface area contributed by atoms with Crippen LogP contribution in [0, 0.1) is 13.8 Å². The number of aromatic nitrogens is 3. The molecule has 8 heteroatoms. The van der Waals surface area contributed by atoms with Crippen molar-refractivity contribution in [1.82, 2.24) is 14.1 Å². The third-order valence-electron chi connectivity index (χ3n) is 4.68. The van der Waals surface area contributed by atoms with Gasteiger partial charge in [-0.1, -0.05) is 52.9 Å². The van der Waals surface area contributed by atoms with Gasteiger partial charge in [0.05, 0.1) is 16.6 Å². The SMILES string of the molecule is Cc1ccccc1-n1c(SCCn2c(C)csc2=O)nc2cc(Cl)ccc2c1=O. The Bertz CT molecular complexity index is 1320. The maximum atomic E-state index is 13.3. The van der Waals surface area contributed by atoms with Crippen LogP contribution in [0.4, 0.5) is 0 Å². The molecule has 0 saturated heterocycles. The molecule has 0 amide bonds. The number of para-hydroxylation sites is 1. The lowest BCUT2D eigenvalue weighted by molar-refractivity contribution is 0.727. The van der Waals surface area contributed by atoms with Crippen LogP contribution in [-0.4, -0.2) is 19.9 Å². The molecule has 0 unspecified atom stereocenters. The van der Waals surface area contributed by atoms with Gasteiger partial charge in [0, 0.05) is 28.4 Å². The molecule has 148 valence electrons. The number of aryl methyl sites for hydroxylation is 2. The van der Waals surface area contributed by atoms with Gasteiger partial charge in [-0.2, -0.15) is 0 Å². The van der Waals surface area contributed by atoms with E-state index in [1.807, 2.05) is 43.5 Å². The summed E-state index contributed by atoms with van der Waals surface area (Å²) in [6, 6.07) is 12.9. The standard InChI is InChI=1S/C21H18ClN3O2S2/c1-13-5-3-4-6-18(13)25-19(26)16-8-7-15(22)11-17(16)23-20(25)28-10-9-24-14(2)12-29-21(24)27/h3-8,11-12H,9-10H2,1-2H3. The fourth-order valence-corrected chi connectivity index (χ4v) is 5.02. The number of nitrogens with zero attached hydrogens (tertiary/aromatic N) is 3. The number of thiazole rings is 1. The van der Waals surface area contributed by atoms with E-state index in [1.165, 1.54) is 23.1 Å². The van der Waals surface area contributed by atoms with Gasteiger partial charge in [-0.15, -0.1) is 0 Å². The molecule has 2 aromatic carbocycles. The lowest BCUT2D eigenvalue weighted by atomic mass is 10.2. The van der Waals surface area contributed by atoms with Crippen LogP contribution in [-0.2, 0) is 6.54 Å². The van der Waals surface area contributed by atoms with E-state index in [9.17, 15) is 9.59 Å². The van der Waals surface area contributed by atoms with E-state index >= 15 is 0 Å². The number of fused-ring (bicyclic) bond motifs is 1. The van der Waals surface area contributed by atoms with Gasteiger partial charge in [0.1, 0.15) is 0 Å². The van der Waals surface area contributed by atoms with Crippen molar-refractivity contribution in [3.63, 3.8) is 0 Å². The topological polar surface area (TPSA) is 56.9 Å². The number of hydrogen-bond acceptors (Lipinski definition) is 5. The van der Waals surface area contributed by atoms with Crippen LogP contribution in [0.1, 0.15) is 11.3 Å². The van der Waals surface area contributed by atoms with Crippen molar-refractivity contribution in [3.8, 4) is 5.69 Å². The minimum atomic E-state index is -0.132. The molecule has 2 aromatic heterocycles. The smallest absolute Gasteiger partial charge is 0.303 e. The Morgan fingerprint density at radius 3 is 2.66 bits per heavy atom. The Labute approximate surface area is 180 Å². The average Bonchev–Trinajstić information content (AvgIpc) is 3.01. The van der Waals surface area contributed by atoms with Crippen LogP contribution in [0.5, 0.6) is 0 Å². The van der Waals surface area contributed by atoms with Gasteiger partial charge in [-0.05, 0) is 43.7 Å². The first kappa shape index (κ1) is 19.9. The lowest BCUT2D eigenvalue weighted by Gasteiger charge is -2.15. The molecule has 0 N–H and O–H groups in total. The van der Waals surface area contributed by atoms with E-state index in [-0.39, 0.29) is 10.4 Å². The molecule has 0 saturated carbocycles. The number of benzene rings is 2. The van der Waals surface area contributed by atoms with Gasteiger partial charge in [0.15, 0.2) is 5.16 Å². The van der Waals surface area contributed by atoms with Crippen molar-refractivity contribution in [2.75, 3.05) is 5.75 Å². The summed E-state index contributed by atoms with van der Waals surface area (Å²) in [7, 11) is 0. The fourth-order valence-electron chi connectivity index (χ4n) is 3.16. The van der Waals surface area contributed by atoms with Gasteiger partial charge in [0.2, 0.25) is 0 Å². The Hall–Kier alpha value is -2.35. The first-order valence-electron chi connectivity index (χ1n) is 9.02. The summed E-state index contributed by atoms with van der Waals surface area (Å²) in [6.45, 7) is 4.44. The second-order valence-corrected chi connectivity index (χ2v) is 8.95. The number of hydrogen-bond donors (Lipinski definition) is 0. The molecule has 0 fully saturated rings. The van der Waals surface area contributed by atoms with Crippen LogP contribution in [0.25, 0.3) is 16.6 Å². The highest BCUT2D eigenvalue weighted by Gasteiger charge is 2.15. The average molecular weight is 444 g/mol. The van der Waals surface area contributed by atoms with E-state index in [0.717, 1.165) is 16.9 Å². The zero-order chi connectivity index (χ0) is 20.5. The molecule has 0 spiro atoms. The molecule has 0 aliphatic carbocycles. The van der Waals surface area contributed by atoms with Crippen molar-refractivity contribution in [2.45, 2.75) is 25.5 Å². The van der Waals surface area contributed by atoms with Crippen LogP contribution in [0.2, 0.25) is 5.02 Å². The predicted molar refractivity (Wildman–Crippen MR) is 121 cm³/mol. The molecule has 4 rings (SSSR count). The minimum absolute atomic E-state index is 0.0256. The summed E-state index contributed by atoms with van der Waals surface area (Å²) in [4.78, 5) is 30.1. The van der Waals surface area contributed by atoms with Gasteiger partial charge in [-0.3, -0.25) is 14.2 Å². The van der Waals surface area contributed by atoms with Gasteiger partial charge >= 0.3 is 4.87 Å². The van der Waals surface area contributed by atoms with Crippen molar-refractivity contribution >= 4 is 45.6 Å². The first-order valence-corrected chi connectivity index (χ1v) is 11.3. The van der Waals surface area contributed by atoms with Crippen molar-refractivity contribution in [1.29, 1.82) is 0 Å². The lowest BCUT2D eigenvalue weighted by Crippen LogP contribution is -2.23. The van der Waals surface area contributed by atoms with Gasteiger partial charge in [-0.25, -0.2) is 4.98 Å². The molecule has 0 radical (unpaired) electrons. The molecule has 0 bridgehead atoms. The summed E-state index contributed by atoms with van der Waals surface area (Å²) in [5, 5.41) is 3.49. The molecule has 0 atom stereocenters. The molecule has 4 aromatic rings. The van der Waals surface area contributed by atoms with Crippen molar-refractivity contribution < 1.29 is 0 Å². The van der Waals surface area contributed by atoms with Crippen LogP contribution >= 0.6 is 34.7 Å². The van der Waals surface area contributed by atoms with Crippen molar-refractivity contribution in [2.24, 2.45) is 0 Å². The zero-order valence-corrected chi connectivity index (χ0v) is 18.3. The molecule has 29 heavy (non-hydrogen) atoms. The molecule has 2 heterocycles. The van der Waals surface area contributed by atoms with E-state index in [2.05, 4.69) is 0 Å². The second-order valence-electron chi connectivity index (χ2n) is 6.63. The summed E-state index contributed by atoms with van der Waals surface area (Å²) in [5.74, 6) is 0.613. The fraction of sp³-hybridized carbons (Fsp3) is 0.190. The number of halogens is 1. The highest BCUT2D eigenvalue weighted by molar-refractivity contribution is 7.99. The second kappa shape index (κ2) is 8.18. The maximum Gasteiger partial charge on any atom is 0.307 e. The Morgan fingerprint density at radius 2 is 1.93 bits per heavy atom. The molecule has 5 nitrogen and oxygen atoms in total. The summed E-state index contributed by atoms with van der Waals surface area (Å²) in [6.07, 6.45) is 0. The maximum absolute atomic E-state index is 13.3. The van der Waals surface area contributed by atoms with Crippen LogP contribution < -0.4 is 10.4 Å². The van der Waals surface area contributed by atoms with Crippen LogP contribution in [0.15, 0.2) is 62.6 Å². The third-order valence-corrected chi connectivity index (χ3v) is 6.71. The first-order chi connectivity index (χ1) is 14.0. The summed E-state index contributed by atoms with van der Waals surface area (Å²) >= 11 is 8.77. The van der Waals surface area contributed by atoms with E-state index in [1.54, 1.807) is 27.3 Å². The Morgan fingerprint density at radius 1 is 1.14 bits per heavy atom. The van der Waals surface area contributed by atoms with E-state index in [0.29, 0.717) is 33.4 Å². The van der Waals surface area contributed by atoms with E-state index in [4.69, 9.17) is 16.6 Å². The Kier molecular flexibility index (Phi) is 5.63. The van der Waals surface area contributed by atoms with Crippen molar-refractivity contribution in [3.05, 3.63) is 84.1 Å². The number of thioether (sulfide) groups is 1. The molecular weight excluding hydrogens is 426 g/mol. The monoisotopic (exact) mass is 443 g/mol. The molecule has 0 aliphatic heterocycles. The minimum Gasteiger partial charge on any atom is -0.303 e. The summed E-state index contributed by atoms with van der Waals surface area (Å²) in [5.41, 5.74) is 3.16. The zero-order valence-electron chi connectivity index (χ0n) is 15.9. The highest BCUT2D eigenvalue weighted by atomic mass is 35.5. The summed E-state index contributed by atoms with van der Waals surface area (Å²) < 4.78 is 3.39. The highest BCUT2D eigenvalue weighted by Crippen LogP contribution is 2.24. The Balaban J connectivity index is 1.80. The quantitative estimate of drug-likeness (QED) is 0.332. The third kappa shape index (κ3) is 3.90. The normalized spacial score (nSPS) is 11.3. The van der Waals surface area contributed by atoms with Gasteiger partial charge in [0.25, 0.3) is 5.56 Å². The number of rotatable bonds is 5.